The molecule has 102 valence electrons. The number of alkyl halides is 3. The topological polar surface area (TPSA) is 55.6 Å². The molecule has 0 aromatic heterocycles. The highest BCUT2D eigenvalue weighted by Crippen LogP contribution is 2.14. The molecule has 1 amide bonds. The number of nitrogens with zero attached hydrogens (tertiary/aromatic N) is 1. The molecule has 0 aromatic rings. The molecule has 0 aliphatic rings. The number of carbonyl (C=O) groups is 1. The van der Waals surface area contributed by atoms with Crippen LogP contribution in [-0.2, 0) is 9.53 Å². The zero-order chi connectivity index (χ0) is 13.5. The fraction of sp³-hybridized carbons (Fsp3) is 0.900. The predicted molar refractivity (Wildman–Crippen MR) is 57.4 cm³/mol. The smallest absolute Gasteiger partial charge is 0.372 e. The fourth-order valence-electron chi connectivity index (χ4n) is 1.20. The minimum absolute atomic E-state index is 0.0184. The van der Waals surface area contributed by atoms with Crippen molar-refractivity contribution in [3.05, 3.63) is 0 Å². The van der Waals surface area contributed by atoms with Gasteiger partial charge >= 0.3 is 6.18 Å². The summed E-state index contributed by atoms with van der Waals surface area (Å²) >= 11 is 0. The summed E-state index contributed by atoms with van der Waals surface area (Å²) < 4.78 is 39.6. The van der Waals surface area contributed by atoms with Crippen molar-refractivity contribution in [3.63, 3.8) is 0 Å². The van der Waals surface area contributed by atoms with E-state index in [1.54, 1.807) is 7.05 Å². The van der Waals surface area contributed by atoms with Crippen LogP contribution >= 0.6 is 0 Å². The van der Waals surface area contributed by atoms with Crippen LogP contribution in [0.5, 0.6) is 0 Å². The Morgan fingerprint density at radius 1 is 1.47 bits per heavy atom. The number of rotatable bonds is 7. The van der Waals surface area contributed by atoms with Crippen molar-refractivity contribution >= 4 is 5.91 Å². The van der Waals surface area contributed by atoms with Crippen molar-refractivity contribution in [2.75, 3.05) is 26.8 Å². The van der Waals surface area contributed by atoms with Crippen molar-refractivity contribution in [1.29, 1.82) is 0 Å². The molecule has 1 unspecified atom stereocenters. The van der Waals surface area contributed by atoms with Gasteiger partial charge in [0.2, 0.25) is 5.91 Å². The van der Waals surface area contributed by atoms with E-state index in [2.05, 4.69) is 4.74 Å². The van der Waals surface area contributed by atoms with E-state index in [1.165, 1.54) is 4.90 Å². The Bertz CT molecular complexity index is 234. The van der Waals surface area contributed by atoms with Crippen LogP contribution < -0.4 is 5.73 Å². The van der Waals surface area contributed by atoms with E-state index in [4.69, 9.17) is 5.73 Å². The van der Waals surface area contributed by atoms with Crippen LogP contribution in [0.1, 0.15) is 19.8 Å². The molecular weight excluding hydrogens is 237 g/mol. The van der Waals surface area contributed by atoms with Gasteiger partial charge < -0.3 is 15.4 Å². The summed E-state index contributed by atoms with van der Waals surface area (Å²) in [5, 5.41) is 0. The molecule has 2 N–H and O–H groups in total. The molecule has 4 nitrogen and oxygen atoms in total. The Morgan fingerprint density at radius 2 is 2.06 bits per heavy atom. The van der Waals surface area contributed by atoms with E-state index >= 15 is 0 Å². The van der Waals surface area contributed by atoms with Gasteiger partial charge in [0, 0.05) is 13.1 Å². The van der Waals surface area contributed by atoms with Gasteiger partial charge in [-0.25, -0.2) is 0 Å². The van der Waals surface area contributed by atoms with Crippen LogP contribution in [0.4, 0.5) is 13.2 Å². The summed E-state index contributed by atoms with van der Waals surface area (Å²) in [7, 11) is 1.60. The normalized spacial score (nSPS) is 13.5. The third-order valence-electron chi connectivity index (χ3n) is 2.36. The molecular formula is C10H19F3N2O2. The van der Waals surface area contributed by atoms with Crippen LogP contribution in [0.15, 0.2) is 0 Å². The minimum atomic E-state index is -4.35. The third-order valence-corrected chi connectivity index (χ3v) is 2.36. The SMILES string of the molecule is CC(CCN)N(C)C(=O)CCOCC(F)(F)F. The summed E-state index contributed by atoms with van der Waals surface area (Å²) in [6, 6.07) is -0.0184. The molecule has 7 heteroatoms. The standard InChI is InChI=1S/C10H19F3N2O2/c1-8(3-5-14)15(2)9(16)4-6-17-7-10(11,12)13/h8H,3-7,14H2,1-2H3. The largest absolute Gasteiger partial charge is 0.411 e. The molecule has 0 rings (SSSR count). The lowest BCUT2D eigenvalue weighted by atomic mass is 10.2. The molecule has 0 aromatic carbocycles. The first kappa shape index (κ1) is 16.2. The molecule has 0 saturated heterocycles. The first-order chi connectivity index (χ1) is 7.78. The van der Waals surface area contributed by atoms with Gasteiger partial charge in [-0.1, -0.05) is 0 Å². The van der Waals surface area contributed by atoms with Gasteiger partial charge in [-0.05, 0) is 19.9 Å². The van der Waals surface area contributed by atoms with Crippen LogP contribution in [-0.4, -0.2) is 49.8 Å². The van der Waals surface area contributed by atoms with Crippen LogP contribution in [0, 0.1) is 0 Å². The van der Waals surface area contributed by atoms with Gasteiger partial charge in [0.05, 0.1) is 13.0 Å². The second kappa shape index (κ2) is 7.50. The first-order valence-electron chi connectivity index (χ1n) is 5.38. The quantitative estimate of drug-likeness (QED) is 0.695. The van der Waals surface area contributed by atoms with E-state index in [1.807, 2.05) is 6.92 Å². The molecule has 17 heavy (non-hydrogen) atoms. The highest BCUT2D eigenvalue weighted by Gasteiger charge is 2.27. The number of halogens is 3. The maximum Gasteiger partial charge on any atom is 0.411 e. The van der Waals surface area contributed by atoms with Gasteiger partial charge in [-0.2, -0.15) is 13.2 Å². The van der Waals surface area contributed by atoms with Gasteiger partial charge in [0.15, 0.2) is 0 Å². The van der Waals surface area contributed by atoms with Crippen LogP contribution in [0.25, 0.3) is 0 Å². The lowest BCUT2D eigenvalue weighted by molar-refractivity contribution is -0.175. The van der Waals surface area contributed by atoms with Gasteiger partial charge in [-0.15, -0.1) is 0 Å². The first-order valence-corrected chi connectivity index (χ1v) is 5.38. The number of amides is 1. The summed E-state index contributed by atoms with van der Waals surface area (Å²) in [6.45, 7) is 0.755. The Labute approximate surface area is 98.9 Å². The Kier molecular flexibility index (Phi) is 7.13. The molecule has 0 heterocycles. The summed E-state index contributed by atoms with van der Waals surface area (Å²) in [5.41, 5.74) is 5.35. The molecule has 0 fully saturated rings. The highest BCUT2D eigenvalue weighted by molar-refractivity contribution is 5.76. The van der Waals surface area contributed by atoms with E-state index in [-0.39, 0.29) is 25.0 Å². The fourth-order valence-corrected chi connectivity index (χ4v) is 1.20. The maximum absolute atomic E-state index is 11.7. The molecule has 0 aliphatic carbocycles. The van der Waals surface area contributed by atoms with Crippen molar-refractivity contribution in [2.24, 2.45) is 5.73 Å². The van der Waals surface area contributed by atoms with Crippen molar-refractivity contribution < 1.29 is 22.7 Å². The maximum atomic E-state index is 11.7. The molecule has 0 saturated carbocycles. The van der Waals surface area contributed by atoms with Crippen molar-refractivity contribution in [3.8, 4) is 0 Å². The summed E-state index contributed by atoms with van der Waals surface area (Å²) in [5.74, 6) is -0.242. The van der Waals surface area contributed by atoms with E-state index in [9.17, 15) is 18.0 Å². The second-order valence-corrected chi connectivity index (χ2v) is 3.85. The van der Waals surface area contributed by atoms with E-state index in [0.717, 1.165) is 0 Å². The van der Waals surface area contributed by atoms with Crippen LogP contribution in [0.3, 0.4) is 0 Å². The molecule has 0 bridgehead atoms. The Balaban J connectivity index is 3.78. The van der Waals surface area contributed by atoms with Gasteiger partial charge in [0.25, 0.3) is 0 Å². The van der Waals surface area contributed by atoms with Crippen molar-refractivity contribution in [1.82, 2.24) is 4.90 Å². The molecule has 0 aliphatic heterocycles. The lowest BCUT2D eigenvalue weighted by Crippen LogP contribution is -2.37. The number of hydrogen-bond acceptors (Lipinski definition) is 3. The number of carbonyl (C=O) groups excluding carboxylic acids is 1. The Hall–Kier alpha value is -0.820. The molecule has 0 radical (unpaired) electrons. The predicted octanol–water partition coefficient (Wildman–Crippen LogP) is 1.15. The minimum Gasteiger partial charge on any atom is -0.372 e. The van der Waals surface area contributed by atoms with Gasteiger partial charge in [0.1, 0.15) is 6.61 Å². The summed E-state index contributed by atoms with van der Waals surface area (Å²) in [4.78, 5) is 13.0. The van der Waals surface area contributed by atoms with Crippen molar-refractivity contribution in [2.45, 2.75) is 32.0 Å². The molecule has 1 atom stereocenters. The Morgan fingerprint density at radius 3 is 2.53 bits per heavy atom. The van der Waals surface area contributed by atoms with Gasteiger partial charge in [-0.3, -0.25) is 4.79 Å². The average Bonchev–Trinajstić information content (AvgIpc) is 2.22. The third kappa shape index (κ3) is 7.98. The zero-order valence-corrected chi connectivity index (χ0v) is 10.1. The summed E-state index contributed by atoms with van der Waals surface area (Å²) in [6.07, 6.45) is -3.74. The van der Waals surface area contributed by atoms with E-state index in [0.29, 0.717) is 13.0 Å². The van der Waals surface area contributed by atoms with Crippen LogP contribution in [0.2, 0.25) is 0 Å². The molecule has 0 spiro atoms. The lowest BCUT2D eigenvalue weighted by Gasteiger charge is -2.24. The number of ether oxygens (including phenoxy) is 1. The second-order valence-electron chi connectivity index (χ2n) is 3.85. The average molecular weight is 256 g/mol. The monoisotopic (exact) mass is 256 g/mol. The van der Waals surface area contributed by atoms with E-state index < -0.39 is 12.8 Å². The number of nitrogens with two attached hydrogens (primary N) is 1. The zero-order valence-electron chi connectivity index (χ0n) is 10.1. The number of hydrogen-bond donors (Lipinski definition) is 1. The highest BCUT2D eigenvalue weighted by atomic mass is 19.4.